The smallest absolute Gasteiger partial charge is 0.262 e. The minimum atomic E-state index is -0.466. The molecule has 3 heterocycles. The molecular weight excluding hydrogens is 433 g/mol. The molecule has 2 aromatic heterocycles. The predicted molar refractivity (Wildman–Crippen MR) is 123 cm³/mol. The van der Waals surface area contributed by atoms with E-state index in [1.807, 2.05) is 36.4 Å². The normalized spacial score (nSPS) is 16.0. The number of rotatable bonds is 3. The second-order valence-corrected chi connectivity index (χ2v) is 9.47. The molecule has 0 fully saturated rings. The predicted octanol–water partition coefficient (Wildman–Crippen LogP) is 5.82. The summed E-state index contributed by atoms with van der Waals surface area (Å²) < 4.78 is 14.0. The van der Waals surface area contributed by atoms with Gasteiger partial charge in [-0.3, -0.25) is 9.69 Å². The van der Waals surface area contributed by atoms with Crippen LogP contribution < -0.4 is 9.80 Å². The second kappa shape index (κ2) is 7.47. The van der Waals surface area contributed by atoms with Crippen LogP contribution in [0.15, 0.2) is 60.0 Å². The molecule has 1 N–H and O–H groups in total. The van der Waals surface area contributed by atoms with Crippen LogP contribution in [0.4, 0.5) is 15.8 Å². The summed E-state index contributed by atoms with van der Waals surface area (Å²) >= 11 is 3.16. The van der Waals surface area contributed by atoms with Crippen molar-refractivity contribution in [1.29, 1.82) is 0 Å². The molecule has 8 heteroatoms. The summed E-state index contributed by atoms with van der Waals surface area (Å²) in [5.74, 6) is -0.726. The van der Waals surface area contributed by atoms with Gasteiger partial charge in [0.15, 0.2) is 0 Å². The molecule has 31 heavy (non-hydrogen) atoms. The van der Waals surface area contributed by atoms with Gasteiger partial charge in [0.2, 0.25) is 0 Å². The van der Waals surface area contributed by atoms with Crippen molar-refractivity contribution in [1.82, 2.24) is 4.98 Å². The van der Waals surface area contributed by atoms with Gasteiger partial charge in [0.1, 0.15) is 17.7 Å². The van der Waals surface area contributed by atoms with E-state index in [0.717, 1.165) is 20.5 Å². The Kier molecular flexibility index (Phi) is 4.75. The number of amides is 1. The number of anilines is 2. The summed E-state index contributed by atoms with van der Waals surface area (Å²) in [6.07, 6.45) is -0.453. The Balaban J connectivity index is 1.66. The number of thiophene rings is 1. The van der Waals surface area contributed by atoms with Gasteiger partial charge in [-0.05, 0) is 49.4 Å². The number of halogens is 1. The lowest BCUT2D eigenvalue weighted by Crippen LogP contribution is -2.48. The summed E-state index contributed by atoms with van der Waals surface area (Å²) in [4.78, 5) is 23.6. The number of phenols is 1. The Morgan fingerprint density at radius 3 is 2.71 bits per heavy atom. The number of aromatic hydroxyl groups is 1. The Morgan fingerprint density at radius 1 is 1.13 bits per heavy atom. The molecule has 2 aromatic carbocycles. The highest BCUT2D eigenvalue weighted by atomic mass is 32.1. The van der Waals surface area contributed by atoms with Crippen molar-refractivity contribution in [2.45, 2.75) is 13.1 Å². The largest absolute Gasteiger partial charge is 0.508 e. The number of carbonyl (C=O) groups excluding carboxylic acids is 1. The first kappa shape index (κ1) is 19.7. The summed E-state index contributed by atoms with van der Waals surface area (Å²) in [6, 6.07) is 14.8. The number of hydrogen-bond acceptors (Lipinski definition) is 6. The molecule has 4 aromatic rings. The zero-order valence-corrected chi connectivity index (χ0v) is 18.4. The molecule has 5 nitrogen and oxygen atoms in total. The van der Waals surface area contributed by atoms with Crippen LogP contribution in [0.3, 0.4) is 0 Å². The Bertz CT molecular complexity index is 1300. The zero-order chi connectivity index (χ0) is 21.7. The van der Waals surface area contributed by atoms with Crippen LogP contribution in [0.2, 0.25) is 0 Å². The van der Waals surface area contributed by atoms with Gasteiger partial charge in [-0.1, -0.05) is 6.07 Å². The van der Waals surface area contributed by atoms with Gasteiger partial charge in [-0.15, -0.1) is 22.7 Å². The number of thiazole rings is 1. The third-order valence-electron chi connectivity index (χ3n) is 5.26. The van der Waals surface area contributed by atoms with Crippen LogP contribution >= 0.6 is 22.7 Å². The molecule has 0 saturated heterocycles. The van der Waals surface area contributed by atoms with E-state index < -0.39 is 12.0 Å². The van der Waals surface area contributed by atoms with Gasteiger partial charge in [-0.25, -0.2) is 9.37 Å². The van der Waals surface area contributed by atoms with Crippen LogP contribution in [0.25, 0.3) is 10.6 Å². The fourth-order valence-corrected chi connectivity index (χ4v) is 5.65. The highest BCUT2D eigenvalue weighted by Gasteiger charge is 2.39. The molecule has 1 unspecified atom stereocenters. The number of phenolic OH excluding ortho intramolecular Hbond substituents is 1. The van der Waals surface area contributed by atoms with E-state index in [1.165, 1.54) is 12.1 Å². The average Bonchev–Trinajstić information content (AvgIpc) is 3.39. The molecule has 156 valence electrons. The fourth-order valence-electron chi connectivity index (χ4n) is 3.86. The molecule has 5 rings (SSSR count). The molecule has 0 aliphatic carbocycles. The van der Waals surface area contributed by atoms with Crippen molar-refractivity contribution in [3.8, 4) is 16.3 Å². The third kappa shape index (κ3) is 3.37. The maximum absolute atomic E-state index is 14.0. The fraction of sp³-hybridized carbons (Fsp3) is 0.130. The highest BCUT2D eigenvalue weighted by molar-refractivity contribution is 7.16. The molecule has 1 amide bonds. The topological polar surface area (TPSA) is 56.7 Å². The van der Waals surface area contributed by atoms with Gasteiger partial charge in [-0.2, -0.15) is 0 Å². The molecule has 1 aliphatic heterocycles. The second-order valence-electron chi connectivity index (χ2n) is 7.29. The van der Waals surface area contributed by atoms with Crippen LogP contribution in [-0.2, 0) is 0 Å². The van der Waals surface area contributed by atoms with Crippen LogP contribution in [0, 0.1) is 12.7 Å². The molecule has 0 saturated carbocycles. The lowest BCUT2D eigenvalue weighted by Gasteiger charge is -2.43. The van der Waals surface area contributed by atoms with E-state index in [9.17, 15) is 14.3 Å². The van der Waals surface area contributed by atoms with Crippen molar-refractivity contribution in [3.05, 3.63) is 81.2 Å². The maximum Gasteiger partial charge on any atom is 0.262 e. The Hall–Kier alpha value is -3.23. The van der Waals surface area contributed by atoms with Crippen LogP contribution in [0.1, 0.15) is 26.4 Å². The minimum Gasteiger partial charge on any atom is -0.508 e. The number of fused-ring (bicyclic) bond motifs is 1. The van der Waals surface area contributed by atoms with Gasteiger partial charge >= 0.3 is 0 Å². The molecule has 0 spiro atoms. The van der Waals surface area contributed by atoms with E-state index in [-0.39, 0.29) is 17.2 Å². The number of hydrogen-bond donors (Lipinski definition) is 1. The standard InChI is InChI=1S/C23H18FN3O2S2/c1-13-25-18(12-30-13)20-8-9-21(31-20)22-26(2)19-7-6-14(24)10-17(19)23(29)27(22)15-4-3-5-16(28)11-15/h3-12,22,28H,1-2H3. The number of aromatic nitrogens is 1. The van der Waals surface area contributed by atoms with Crippen LogP contribution in [0.5, 0.6) is 5.75 Å². The van der Waals surface area contributed by atoms with Crippen LogP contribution in [-0.4, -0.2) is 23.0 Å². The third-order valence-corrected chi connectivity index (χ3v) is 7.18. The Labute approximate surface area is 186 Å². The highest BCUT2D eigenvalue weighted by Crippen LogP contribution is 2.44. The number of aryl methyl sites for hydroxylation is 1. The first-order valence-electron chi connectivity index (χ1n) is 9.59. The van der Waals surface area contributed by atoms with Crippen molar-refractivity contribution in [3.63, 3.8) is 0 Å². The van der Waals surface area contributed by atoms with E-state index in [4.69, 9.17) is 0 Å². The van der Waals surface area contributed by atoms with Gasteiger partial charge < -0.3 is 10.0 Å². The van der Waals surface area contributed by atoms with Crippen molar-refractivity contribution >= 4 is 40.0 Å². The van der Waals surface area contributed by atoms with Crippen molar-refractivity contribution in [2.75, 3.05) is 16.8 Å². The number of nitrogens with zero attached hydrogens (tertiary/aromatic N) is 3. The molecule has 1 aliphatic rings. The average molecular weight is 452 g/mol. The lowest BCUT2D eigenvalue weighted by molar-refractivity contribution is 0.0969. The van der Waals surface area contributed by atoms with Crippen molar-refractivity contribution < 1.29 is 14.3 Å². The summed E-state index contributed by atoms with van der Waals surface area (Å²) in [5.41, 5.74) is 2.40. The lowest BCUT2D eigenvalue weighted by atomic mass is 10.0. The zero-order valence-electron chi connectivity index (χ0n) is 16.7. The Morgan fingerprint density at radius 2 is 1.97 bits per heavy atom. The molecule has 1 atom stereocenters. The van der Waals surface area contributed by atoms with E-state index in [1.54, 1.807) is 57.9 Å². The minimum absolute atomic E-state index is 0.0570. The van der Waals surface area contributed by atoms with Crippen molar-refractivity contribution in [2.24, 2.45) is 0 Å². The molecule has 0 bridgehead atoms. The van der Waals surface area contributed by atoms with Gasteiger partial charge in [0, 0.05) is 23.4 Å². The number of carbonyl (C=O) groups is 1. The summed E-state index contributed by atoms with van der Waals surface area (Å²) in [7, 11) is 1.88. The quantitative estimate of drug-likeness (QED) is 0.426. The molecule has 0 radical (unpaired) electrons. The van der Waals surface area contributed by atoms with E-state index >= 15 is 0 Å². The van der Waals surface area contributed by atoms with E-state index in [0.29, 0.717) is 11.4 Å². The maximum atomic E-state index is 14.0. The van der Waals surface area contributed by atoms with E-state index in [2.05, 4.69) is 4.98 Å². The van der Waals surface area contributed by atoms with Gasteiger partial charge in [0.05, 0.1) is 32.5 Å². The SMILES string of the molecule is Cc1nc(-c2ccc(C3N(C)c4ccc(F)cc4C(=O)N3c3cccc(O)c3)s2)cs1. The first-order valence-corrected chi connectivity index (χ1v) is 11.3. The molecular formula is C23H18FN3O2S2. The van der Waals surface area contributed by atoms with Gasteiger partial charge in [0.25, 0.3) is 5.91 Å². The summed E-state index contributed by atoms with van der Waals surface area (Å²) in [6.45, 7) is 1.97. The number of benzene rings is 2. The summed E-state index contributed by atoms with van der Waals surface area (Å²) in [5, 5.41) is 13.0. The first-order chi connectivity index (χ1) is 14.9. The monoisotopic (exact) mass is 451 g/mol.